The highest BCUT2D eigenvalue weighted by Gasteiger charge is 2.41. The van der Waals surface area contributed by atoms with Crippen LogP contribution in [-0.4, -0.2) is 24.8 Å². The van der Waals surface area contributed by atoms with Gasteiger partial charge in [0.15, 0.2) is 0 Å². The molecule has 1 N–H and O–H groups in total. The molecule has 0 bridgehead atoms. The standard InChI is InChI=1S/C22H28NO2P/c1-16-10-9-13-18(25-2)19(16)21(24)23-20(17-11-5-4-6-12-17)22(26-3)14-7-8-15-22/h4-6,9-13,20,26H,7-8,14-15H2,1-3H3,(H,23,24). The molecule has 0 saturated heterocycles. The molecule has 0 spiro atoms. The highest BCUT2D eigenvalue weighted by molar-refractivity contribution is 7.39. The second-order valence-electron chi connectivity index (χ2n) is 7.08. The lowest BCUT2D eigenvalue weighted by atomic mass is 9.90. The number of hydrogen-bond acceptors (Lipinski definition) is 2. The summed E-state index contributed by atoms with van der Waals surface area (Å²) in [6.45, 7) is 4.24. The number of methoxy groups -OCH3 is 1. The van der Waals surface area contributed by atoms with Gasteiger partial charge in [-0.2, -0.15) is 0 Å². The quantitative estimate of drug-likeness (QED) is 0.720. The van der Waals surface area contributed by atoms with Crippen LogP contribution in [0.15, 0.2) is 48.5 Å². The molecule has 3 rings (SSSR count). The summed E-state index contributed by atoms with van der Waals surface area (Å²) >= 11 is 0. The van der Waals surface area contributed by atoms with E-state index in [1.54, 1.807) is 7.11 Å². The van der Waals surface area contributed by atoms with E-state index in [-0.39, 0.29) is 17.1 Å². The zero-order chi connectivity index (χ0) is 18.6. The van der Waals surface area contributed by atoms with Gasteiger partial charge in [0.25, 0.3) is 5.91 Å². The molecule has 0 heterocycles. The summed E-state index contributed by atoms with van der Waals surface area (Å²) in [4.78, 5) is 13.3. The Morgan fingerprint density at radius 1 is 1.12 bits per heavy atom. The van der Waals surface area contributed by atoms with Crippen molar-refractivity contribution in [3.63, 3.8) is 0 Å². The van der Waals surface area contributed by atoms with E-state index >= 15 is 0 Å². The molecule has 0 aliphatic heterocycles. The first-order valence-corrected chi connectivity index (χ1v) is 10.8. The molecule has 3 nitrogen and oxygen atoms in total. The Hall–Kier alpha value is -1.86. The van der Waals surface area contributed by atoms with Gasteiger partial charge >= 0.3 is 0 Å². The fourth-order valence-corrected chi connectivity index (χ4v) is 5.56. The van der Waals surface area contributed by atoms with E-state index < -0.39 is 0 Å². The average Bonchev–Trinajstić information content (AvgIpc) is 3.16. The molecule has 138 valence electrons. The van der Waals surface area contributed by atoms with E-state index in [0.29, 0.717) is 11.3 Å². The van der Waals surface area contributed by atoms with Crippen molar-refractivity contribution in [3.8, 4) is 5.75 Å². The first-order valence-electron chi connectivity index (χ1n) is 9.29. The molecule has 2 unspecified atom stereocenters. The number of hydrogen-bond donors (Lipinski definition) is 1. The second-order valence-corrected chi connectivity index (χ2v) is 8.58. The maximum atomic E-state index is 13.3. The van der Waals surface area contributed by atoms with Crippen LogP contribution in [0.1, 0.15) is 53.2 Å². The van der Waals surface area contributed by atoms with E-state index in [2.05, 4.69) is 36.2 Å². The lowest BCUT2D eigenvalue weighted by Gasteiger charge is -2.38. The third kappa shape index (κ3) is 3.64. The first-order chi connectivity index (χ1) is 12.6. The number of ether oxygens (including phenoxy) is 1. The van der Waals surface area contributed by atoms with Crippen LogP contribution in [0.5, 0.6) is 5.75 Å². The summed E-state index contributed by atoms with van der Waals surface area (Å²) in [5.74, 6) is 0.590. The van der Waals surface area contributed by atoms with Crippen molar-refractivity contribution in [2.24, 2.45) is 0 Å². The summed E-state index contributed by atoms with van der Waals surface area (Å²) in [6.07, 6.45) is 4.83. The number of carbonyl (C=O) groups excluding carboxylic acids is 1. The van der Waals surface area contributed by atoms with Crippen LogP contribution in [0.4, 0.5) is 0 Å². The van der Waals surface area contributed by atoms with Crippen molar-refractivity contribution < 1.29 is 9.53 Å². The van der Waals surface area contributed by atoms with E-state index in [9.17, 15) is 4.79 Å². The SMILES string of the molecule is COc1cccc(C)c1C(=O)NC(c1ccccc1)C1(PC)CCCC1. The molecule has 2 aromatic carbocycles. The Labute approximate surface area is 158 Å². The number of aryl methyl sites for hydroxylation is 1. The molecular formula is C22H28NO2P. The summed E-state index contributed by atoms with van der Waals surface area (Å²) in [7, 11) is 2.41. The molecule has 2 atom stereocenters. The van der Waals surface area contributed by atoms with Crippen molar-refractivity contribution in [3.05, 3.63) is 65.2 Å². The zero-order valence-corrected chi connectivity index (χ0v) is 16.8. The zero-order valence-electron chi connectivity index (χ0n) is 15.8. The molecule has 0 aromatic heterocycles. The smallest absolute Gasteiger partial charge is 0.255 e. The molecule has 1 saturated carbocycles. The van der Waals surface area contributed by atoms with Crippen LogP contribution in [0.3, 0.4) is 0 Å². The minimum absolute atomic E-state index is 0.0337. The summed E-state index contributed by atoms with van der Waals surface area (Å²) in [5, 5.41) is 3.55. The van der Waals surface area contributed by atoms with Crippen LogP contribution in [0.25, 0.3) is 0 Å². The normalized spacial score (nSPS) is 17.3. The Balaban J connectivity index is 1.98. The number of nitrogens with one attached hydrogen (secondary N) is 1. The lowest BCUT2D eigenvalue weighted by molar-refractivity contribution is 0.0923. The summed E-state index contributed by atoms with van der Waals surface area (Å²) < 4.78 is 5.45. The van der Waals surface area contributed by atoms with Crippen molar-refractivity contribution >= 4 is 14.5 Å². The molecule has 1 amide bonds. The van der Waals surface area contributed by atoms with Gasteiger partial charge < -0.3 is 10.1 Å². The van der Waals surface area contributed by atoms with Crippen molar-refractivity contribution in [1.29, 1.82) is 0 Å². The molecule has 1 aliphatic rings. The van der Waals surface area contributed by atoms with Crippen LogP contribution in [-0.2, 0) is 0 Å². The topological polar surface area (TPSA) is 38.3 Å². The average molecular weight is 369 g/mol. The molecule has 1 aliphatic carbocycles. The molecule has 2 aromatic rings. The van der Waals surface area contributed by atoms with Gasteiger partial charge in [0.1, 0.15) is 5.75 Å². The van der Waals surface area contributed by atoms with Crippen molar-refractivity contribution in [1.82, 2.24) is 5.32 Å². The number of benzene rings is 2. The fourth-order valence-electron chi connectivity index (χ4n) is 4.18. The second kappa shape index (κ2) is 8.22. The van der Waals surface area contributed by atoms with Gasteiger partial charge in [-0.3, -0.25) is 4.79 Å². The van der Waals surface area contributed by atoms with Gasteiger partial charge in [0.2, 0.25) is 0 Å². The minimum Gasteiger partial charge on any atom is -0.496 e. The van der Waals surface area contributed by atoms with E-state index in [0.717, 1.165) is 14.1 Å². The Morgan fingerprint density at radius 2 is 1.81 bits per heavy atom. The van der Waals surface area contributed by atoms with Crippen molar-refractivity contribution in [2.45, 2.75) is 43.8 Å². The fraction of sp³-hybridized carbons (Fsp3) is 0.409. The Morgan fingerprint density at radius 3 is 2.42 bits per heavy atom. The molecule has 0 radical (unpaired) electrons. The summed E-state index contributed by atoms with van der Waals surface area (Å²) in [6, 6.07) is 16.2. The number of amides is 1. The van der Waals surface area contributed by atoms with Gasteiger partial charge in [-0.1, -0.05) is 55.3 Å². The first kappa shape index (κ1) is 18.9. The predicted molar refractivity (Wildman–Crippen MR) is 110 cm³/mol. The molecule has 1 fully saturated rings. The van der Waals surface area contributed by atoms with Crippen LogP contribution in [0.2, 0.25) is 0 Å². The highest BCUT2D eigenvalue weighted by atomic mass is 31.1. The van der Waals surface area contributed by atoms with Gasteiger partial charge in [-0.05, 0) is 43.6 Å². The number of rotatable bonds is 6. The Bertz CT molecular complexity index is 754. The highest BCUT2D eigenvalue weighted by Crippen LogP contribution is 2.52. The molecular weight excluding hydrogens is 341 g/mol. The monoisotopic (exact) mass is 369 g/mol. The number of carbonyl (C=O) groups is 1. The van der Waals surface area contributed by atoms with Crippen molar-refractivity contribution in [2.75, 3.05) is 13.8 Å². The third-order valence-electron chi connectivity index (χ3n) is 5.64. The van der Waals surface area contributed by atoms with Gasteiger partial charge in [0.05, 0.1) is 18.7 Å². The van der Waals surface area contributed by atoms with Crippen LogP contribution < -0.4 is 10.1 Å². The largest absolute Gasteiger partial charge is 0.496 e. The van der Waals surface area contributed by atoms with Gasteiger partial charge in [-0.25, -0.2) is 0 Å². The molecule has 26 heavy (non-hydrogen) atoms. The Kier molecular flexibility index (Phi) is 5.98. The third-order valence-corrected chi connectivity index (χ3v) is 7.42. The maximum absolute atomic E-state index is 13.3. The van der Waals surface area contributed by atoms with E-state index in [1.807, 2.05) is 31.2 Å². The molecule has 4 heteroatoms. The van der Waals surface area contributed by atoms with Gasteiger partial charge in [0, 0.05) is 5.16 Å². The van der Waals surface area contributed by atoms with Gasteiger partial charge in [-0.15, -0.1) is 8.58 Å². The maximum Gasteiger partial charge on any atom is 0.255 e. The lowest BCUT2D eigenvalue weighted by Crippen LogP contribution is -2.42. The predicted octanol–water partition coefficient (Wildman–Crippen LogP) is 5.10. The van der Waals surface area contributed by atoms with E-state index in [4.69, 9.17) is 4.74 Å². The minimum atomic E-state index is -0.0432. The van der Waals surface area contributed by atoms with E-state index in [1.165, 1.54) is 31.2 Å². The summed E-state index contributed by atoms with van der Waals surface area (Å²) in [5.41, 5.74) is 2.78. The van der Waals surface area contributed by atoms with Crippen LogP contribution in [0, 0.1) is 6.92 Å². The van der Waals surface area contributed by atoms with Crippen LogP contribution >= 0.6 is 8.58 Å².